The molecule has 0 aliphatic carbocycles. The lowest BCUT2D eigenvalue weighted by Gasteiger charge is -2.13. The summed E-state index contributed by atoms with van der Waals surface area (Å²) in [6.45, 7) is 4.41. The van der Waals surface area contributed by atoms with Gasteiger partial charge in [0.15, 0.2) is 11.5 Å². The normalized spacial score (nSPS) is 13.5. The zero-order valence-corrected chi connectivity index (χ0v) is 13.1. The molecule has 6 nitrogen and oxygen atoms in total. The summed E-state index contributed by atoms with van der Waals surface area (Å²) in [5.74, 6) is 1.50. The summed E-state index contributed by atoms with van der Waals surface area (Å²) in [7, 11) is 0. The number of aromatic nitrogens is 1. The SMILES string of the molecule is CCC(C)Nc1ccc(NC(=O)c2ccc3c(c2)OCO3)nc1. The molecule has 1 atom stereocenters. The lowest BCUT2D eigenvalue weighted by molar-refractivity contribution is 0.102. The summed E-state index contributed by atoms with van der Waals surface area (Å²) in [6.07, 6.45) is 2.74. The van der Waals surface area contributed by atoms with Crippen LogP contribution in [0.25, 0.3) is 0 Å². The second-order valence-corrected chi connectivity index (χ2v) is 5.41. The van der Waals surface area contributed by atoms with E-state index in [-0.39, 0.29) is 12.7 Å². The van der Waals surface area contributed by atoms with Gasteiger partial charge in [-0.15, -0.1) is 0 Å². The van der Waals surface area contributed by atoms with Crippen LogP contribution in [0.2, 0.25) is 0 Å². The molecule has 1 aliphatic rings. The number of benzene rings is 1. The summed E-state index contributed by atoms with van der Waals surface area (Å²) in [4.78, 5) is 16.5. The third kappa shape index (κ3) is 3.53. The van der Waals surface area contributed by atoms with Crippen molar-refractivity contribution in [2.24, 2.45) is 0 Å². The molecule has 6 heteroatoms. The Morgan fingerprint density at radius 3 is 2.83 bits per heavy atom. The molecule has 0 radical (unpaired) electrons. The Kier molecular flexibility index (Phi) is 4.32. The predicted molar refractivity (Wildman–Crippen MR) is 88.1 cm³/mol. The first-order chi connectivity index (χ1) is 11.2. The number of pyridine rings is 1. The van der Waals surface area contributed by atoms with Crippen LogP contribution >= 0.6 is 0 Å². The average molecular weight is 313 g/mol. The number of carbonyl (C=O) groups is 1. The number of ether oxygens (including phenoxy) is 2. The third-order valence-corrected chi connectivity index (χ3v) is 3.67. The zero-order valence-electron chi connectivity index (χ0n) is 13.1. The van der Waals surface area contributed by atoms with Gasteiger partial charge in [0.25, 0.3) is 5.91 Å². The highest BCUT2D eigenvalue weighted by molar-refractivity contribution is 6.04. The van der Waals surface area contributed by atoms with E-state index in [1.165, 1.54) is 0 Å². The van der Waals surface area contributed by atoms with Gasteiger partial charge in [-0.3, -0.25) is 4.79 Å². The van der Waals surface area contributed by atoms with Crippen LogP contribution in [0, 0.1) is 0 Å². The quantitative estimate of drug-likeness (QED) is 0.886. The summed E-state index contributed by atoms with van der Waals surface area (Å²) >= 11 is 0. The second-order valence-electron chi connectivity index (χ2n) is 5.41. The van der Waals surface area contributed by atoms with E-state index in [1.807, 2.05) is 6.07 Å². The molecule has 1 aromatic heterocycles. The van der Waals surface area contributed by atoms with Crippen LogP contribution < -0.4 is 20.1 Å². The fraction of sp³-hybridized carbons (Fsp3) is 0.294. The first-order valence-corrected chi connectivity index (χ1v) is 7.59. The molecule has 1 unspecified atom stereocenters. The van der Waals surface area contributed by atoms with Crippen LogP contribution in [0.15, 0.2) is 36.5 Å². The predicted octanol–water partition coefficient (Wildman–Crippen LogP) is 3.27. The Bertz CT molecular complexity index is 701. The van der Waals surface area contributed by atoms with Crippen molar-refractivity contribution in [3.63, 3.8) is 0 Å². The Labute approximate surface area is 134 Å². The van der Waals surface area contributed by atoms with E-state index in [0.29, 0.717) is 28.9 Å². The molecule has 0 saturated carbocycles. The van der Waals surface area contributed by atoms with Gasteiger partial charge in [-0.2, -0.15) is 0 Å². The van der Waals surface area contributed by atoms with E-state index in [4.69, 9.17) is 9.47 Å². The molecule has 0 spiro atoms. The Hall–Kier alpha value is -2.76. The lowest BCUT2D eigenvalue weighted by Crippen LogP contribution is -2.15. The summed E-state index contributed by atoms with van der Waals surface area (Å²) in [5, 5.41) is 6.10. The van der Waals surface area contributed by atoms with Gasteiger partial charge < -0.3 is 20.1 Å². The van der Waals surface area contributed by atoms with Gasteiger partial charge in [0, 0.05) is 11.6 Å². The second kappa shape index (κ2) is 6.56. The first-order valence-electron chi connectivity index (χ1n) is 7.59. The molecule has 23 heavy (non-hydrogen) atoms. The number of nitrogens with zero attached hydrogens (tertiary/aromatic N) is 1. The Morgan fingerprint density at radius 2 is 2.09 bits per heavy atom. The minimum atomic E-state index is -0.238. The number of fused-ring (bicyclic) bond motifs is 1. The molecule has 2 N–H and O–H groups in total. The van der Waals surface area contributed by atoms with Gasteiger partial charge in [0.05, 0.1) is 11.9 Å². The molecule has 1 aliphatic heterocycles. The van der Waals surface area contributed by atoms with Crippen LogP contribution in [-0.4, -0.2) is 23.7 Å². The molecule has 2 heterocycles. The molecule has 3 rings (SSSR count). The molecule has 1 amide bonds. The monoisotopic (exact) mass is 313 g/mol. The van der Waals surface area contributed by atoms with Crippen molar-refractivity contribution in [1.82, 2.24) is 4.98 Å². The number of nitrogens with one attached hydrogen (secondary N) is 2. The van der Waals surface area contributed by atoms with E-state index in [0.717, 1.165) is 12.1 Å². The molecule has 0 bridgehead atoms. The zero-order chi connectivity index (χ0) is 16.2. The van der Waals surface area contributed by atoms with Gasteiger partial charge in [-0.1, -0.05) is 6.92 Å². The lowest BCUT2D eigenvalue weighted by atomic mass is 10.2. The number of rotatable bonds is 5. The molecular formula is C17H19N3O3. The molecule has 0 saturated heterocycles. The average Bonchev–Trinajstić information content (AvgIpc) is 3.04. The summed E-state index contributed by atoms with van der Waals surface area (Å²) < 4.78 is 10.5. The molecule has 1 aromatic carbocycles. The first kappa shape index (κ1) is 15.1. The number of anilines is 2. The fourth-order valence-corrected chi connectivity index (χ4v) is 2.17. The Balaban J connectivity index is 1.65. The minimum Gasteiger partial charge on any atom is -0.454 e. The highest BCUT2D eigenvalue weighted by Crippen LogP contribution is 2.32. The molecule has 120 valence electrons. The van der Waals surface area contributed by atoms with Gasteiger partial charge in [0.1, 0.15) is 5.82 Å². The number of amides is 1. The van der Waals surface area contributed by atoms with Crippen LogP contribution in [-0.2, 0) is 0 Å². The third-order valence-electron chi connectivity index (χ3n) is 3.67. The van der Waals surface area contributed by atoms with Crippen molar-refractivity contribution < 1.29 is 14.3 Å². The number of hydrogen-bond acceptors (Lipinski definition) is 5. The highest BCUT2D eigenvalue weighted by atomic mass is 16.7. The van der Waals surface area contributed by atoms with Crippen LogP contribution in [0.1, 0.15) is 30.6 Å². The highest BCUT2D eigenvalue weighted by Gasteiger charge is 2.16. The largest absolute Gasteiger partial charge is 0.454 e. The molecule has 2 aromatic rings. The van der Waals surface area contributed by atoms with Crippen molar-refractivity contribution in [1.29, 1.82) is 0 Å². The maximum absolute atomic E-state index is 12.3. The van der Waals surface area contributed by atoms with Crippen LogP contribution in [0.5, 0.6) is 11.5 Å². The van der Waals surface area contributed by atoms with Crippen molar-refractivity contribution in [2.45, 2.75) is 26.3 Å². The van der Waals surface area contributed by atoms with Crippen molar-refractivity contribution in [3.8, 4) is 11.5 Å². The minimum absolute atomic E-state index is 0.187. The summed E-state index contributed by atoms with van der Waals surface area (Å²) in [6, 6.07) is 9.14. The molecular weight excluding hydrogens is 294 g/mol. The van der Waals surface area contributed by atoms with Crippen molar-refractivity contribution in [3.05, 3.63) is 42.1 Å². The number of hydrogen-bond donors (Lipinski definition) is 2. The van der Waals surface area contributed by atoms with Crippen molar-refractivity contribution in [2.75, 3.05) is 17.4 Å². The molecule has 0 fully saturated rings. The van der Waals surface area contributed by atoms with Crippen LogP contribution in [0.3, 0.4) is 0 Å². The van der Waals surface area contributed by atoms with E-state index in [2.05, 4.69) is 29.5 Å². The van der Waals surface area contributed by atoms with Gasteiger partial charge >= 0.3 is 0 Å². The number of carbonyl (C=O) groups excluding carboxylic acids is 1. The fourth-order valence-electron chi connectivity index (χ4n) is 2.17. The van der Waals surface area contributed by atoms with E-state index >= 15 is 0 Å². The smallest absolute Gasteiger partial charge is 0.256 e. The maximum Gasteiger partial charge on any atom is 0.256 e. The van der Waals surface area contributed by atoms with Crippen LogP contribution in [0.4, 0.5) is 11.5 Å². The maximum atomic E-state index is 12.3. The standard InChI is InChI=1S/C17H19N3O3/c1-3-11(2)19-13-5-7-16(18-9-13)20-17(21)12-4-6-14-15(8-12)23-10-22-14/h4-9,11,19H,3,10H2,1-2H3,(H,18,20,21). The summed E-state index contributed by atoms with van der Waals surface area (Å²) in [5.41, 5.74) is 1.43. The van der Waals surface area contributed by atoms with E-state index < -0.39 is 0 Å². The Morgan fingerprint density at radius 1 is 1.26 bits per heavy atom. The van der Waals surface area contributed by atoms with E-state index in [9.17, 15) is 4.79 Å². The van der Waals surface area contributed by atoms with Crippen molar-refractivity contribution >= 4 is 17.4 Å². The van der Waals surface area contributed by atoms with Gasteiger partial charge in [-0.25, -0.2) is 4.98 Å². The van der Waals surface area contributed by atoms with Gasteiger partial charge in [0.2, 0.25) is 6.79 Å². The van der Waals surface area contributed by atoms with Gasteiger partial charge in [-0.05, 0) is 43.7 Å². The topological polar surface area (TPSA) is 72.5 Å². The van der Waals surface area contributed by atoms with E-state index in [1.54, 1.807) is 30.5 Å².